The van der Waals surface area contributed by atoms with E-state index in [-0.39, 0.29) is 5.56 Å². The highest BCUT2D eigenvalue weighted by atomic mass is 79.9. The van der Waals surface area contributed by atoms with Crippen molar-refractivity contribution in [3.05, 3.63) is 62.5 Å². The Balaban J connectivity index is 1.95. The van der Waals surface area contributed by atoms with Crippen molar-refractivity contribution in [2.75, 3.05) is 6.61 Å². The maximum atomic E-state index is 12.2. The lowest BCUT2D eigenvalue weighted by molar-refractivity contribution is 0.258. The first-order valence-electron chi connectivity index (χ1n) is 6.73. The average Bonchev–Trinajstić information content (AvgIpc) is 2.44. The van der Waals surface area contributed by atoms with Gasteiger partial charge in [0.05, 0.1) is 6.61 Å². The molecular weight excluding hydrogens is 318 g/mol. The summed E-state index contributed by atoms with van der Waals surface area (Å²) in [6.07, 6.45) is 2.81. The molecule has 20 heavy (non-hydrogen) atoms. The second-order valence-corrected chi connectivity index (χ2v) is 6.09. The average molecular weight is 334 g/mol. The van der Waals surface area contributed by atoms with Gasteiger partial charge in [0, 0.05) is 28.7 Å². The lowest BCUT2D eigenvalue weighted by Gasteiger charge is -2.26. The second kappa shape index (κ2) is 5.44. The lowest BCUT2D eigenvalue weighted by atomic mass is 9.93. The Hall–Kier alpha value is -1.55. The number of ether oxygens (including phenoxy) is 1. The molecule has 0 saturated carbocycles. The molecule has 104 valence electrons. The quantitative estimate of drug-likeness (QED) is 0.842. The number of benzene rings is 1. The van der Waals surface area contributed by atoms with Gasteiger partial charge in [-0.3, -0.25) is 4.79 Å². The topological polar surface area (TPSA) is 31.2 Å². The second-order valence-electron chi connectivity index (χ2n) is 5.17. The van der Waals surface area contributed by atoms with Gasteiger partial charge >= 0.3 is 0 Å². The van der Waals surface area contributed by atoms with Crippen LogP contribution >= 0.6 is 15.9 Å². The van der Waals surface area contributed by atoms with Gasteiger partial charge in [-0.05, 0) is 47.0 Å². The van der Waals surface area contributed by atoms with Crippen molar-refractivity contribution in [2.45, 2.75) is 25.8 Å². The summed E-state index contributed by atoms with van der Waals surface area (Å²) in [5.41, 5.74) is 2.04. The van der Waals surface area contributed by atoms with E-state index in [4.69, 9.17) is 4.74 Å². The molecule has 2 heterocycles. The number of para-hydroxylation sites is 1. The fourth-order valence-electron chi connectivity index (χ4n) is 2.72. The zero-order valence-corrected chi connectivity index (χ0v) is 12.9. The number of nitrogens with zero attached hydrogens (tertiary/aromatic N) is 1. The van der Waals surface area contributed by atoms with Gasteiger partial charge < -0.3 is 9.30 Å². The van der Waals surface area contributed by atoms with Crippen molar-refractivity contribution < 1.29 is 4.74 Å². The normalized spacial score (nSPS) is 17.4. The van der Waals surface area contributed by atoms with E-state index in [2.05, 4.69) is 22.0 Å². The van der Waals surface area contributed by atoms with E-state index in [1.165, 1.54) is 5.56 Å². The predicted molar refractivity (Wildman–Crippen MR) is 82.4 cm³/mol. The first-order chi connectivity index (χ1) is 9.65. The van der Waals surface area contributed by atoms with Crippen LogP contribution in [0.4, 0.5) is 0 Å². The predicted octanol–water partition coefficient (Wildman–Crippen LogP) is 3.49. The summed E-state index contributed by atoms with van der Waals surface area (Å²) in [4.78, 5) is 12.2. The zero-order valence-electron chi connectivity index (χ0n) is 11.3. The summed E-state index contributed by atoms with van der Waals surface area (Å²) < 4.78 is 8.41. The Morgan fingerprint density at radius 3 is 3.05 bits per heavy atom. The third-order valence-electron chi connectivity index (χ3n) is 3.73. The summed E-state index contributed by atoms with van der Waals surface area (Å²) in [6, 6.07) is 9.95. The van der Waals surface area contributed by atoms with E-state index in [0.29, 0.717) is 19.1 Å². The largest absolute Gasteiger partial charge is 0.493 e. The molecular formula is C16H16BrNO2. The molecule has 2 aromatic rings. The molecule has 1 atom stereocenters. The Labute approximate surface area is 126 Å². The molecule has 0 spiro atoms. The highest BCUT2D eigenvalue weighted by Gasteiger charge is 2.21. The van der Waals surface area contributed by atoms with Crippen LogP contribution in [0.25, 0.3) is 0 Å². The SMILES string of the molecule is Cc1cc(Br)cn(CC2CCOc3ccccc32)c1=O. The monoisotopic (exact) mass is 333 g/mol. The molecule has 0 N–H and O–H groups in total. The Morgan fingerprint density at radius 2 is 2.20 bits per heavy atom. The first kappa shape index (κ1) is 13.4. The van der Waals surface area contributed by atoms with Gasteiger partial charge in [0.25, 0.3) is 5.56 Å². The number of fused-ring (bicyclic) bond motifs is 1. The standard InChI is InChI=1S/C16H16BrNO2/c1-11-8-13(17)10-18(16(11)19)9-12-6-7-20-15-5-3-2-4-14(12)15/h2-5,8,10,12H,6-7,9H2,1H3. The summed E-state index contributed by atoms with van der Waals surface area (Å²) in [7, 11) is 0. The number of rotatable bonds is 2. The Morgan fingerprint density at radius 1 is 1.40 bits per heavy atom. The molecule has 0 bridgehead atoms. The van der Waals surface area contributed by atoms with Crippen LogP contribution in [0.1, 0.15) is 23.5 Å². The molecule has 1 aromatic carbocycles. The van der Waals surface area contributed by atoms with E-state index in [9.17, 15) is 4.79 Å². The van der Waals surface area contributed by atoms with Gasteiger partial charge in [0.1, 0.15) is 5.75 Å². The molecule has 4 heteroatoms. The number of pyridine rings is 1. The smallest absolute Gasteiger partial charge is 0.253 e. The van der Waals surface area contributed by atoms with Crippen molar-refractivity contribution in [3.8, 4) is 5.75 Å². The molecule has 0 radical (unpaired) electrons. The van der Waals surface area contributed by atoms with Crippen molar-refractivity contribution >= 4 is 15.9 Å². The van der Waals surface area contributed by atoms with Crippen LogP contribution in [0.15, 0.2) is 45.8 Å². The Bertz CT molecular complexity index is 693. The van der Waals surface area contributed by atoms with Crippen molar-refractivity contribution in [2.24, 2.45) is 0 Å². The van der Waals surface area contributed by atoms with Crippen molar-refractivity contribution in [1.29, 1.82) is 0 Å². The van der Waals surface area contributed by atoms with Gasteiger partial charge in [-0.1, -0.05) is 18.2 Å². The van der Waals surface area contributed by atoms with Gasteiger partial charge in [0.2, 0.25) is 0 Å². The van der Waals surface area contributed by atoms with Crippen LogP contribution in [-0.2, 0) is 6.54 Å². The van der Waals surface area contributed by atoms with E-state index < -0.39 is 0 Å². The third kappa shape index (κ3) is 2.52. The molecule has 0 fully saturated rings. The number of aryl methyl sites for hydroxylation is 1. The van der Waals surface area contributed by atoms with E-state index in [1.807, 2.05) is 37.4 Å². The third-order valence-corrected chi connectivity index (χ3v) is 4.17. The molecule has 3 rings (SSSR count). The summed E-state index contributed by atoms with van der Waals surface area (Å²) >= 11 is 3.46. The molecule has 0 aliphatic carbocycles. The summed E-state index contributed by atoms with van der Waals surface area (Å²) in [5, 5.41) is 0. The van der Waals surface area contributed by atoms with E-state index >= 15 is 0 Å². The summed E-state index contributed by atoms with van der Waals surface area (Å²) in [6.45, 7) is 3.25. The fourth-order valence-corrected chi connectivity index (χ4v) is 3.31. The van der Waals surface area contributed by atoms with Crippen molar-refractivity contribution in [3.63, 3.8) is 0 Å². The molecule has 0 saturated heterocycles. The zero-order chi connectivity index (χ0) is 14.1. The molecule has 3 nitrogen and oxygen atoms in total. The van der Waals surface area contributed by atoms with Crippen LogP contribution in [0.5, 0.6) is 5.75 Å². The molecule has 1 aromatic heterocycles. The van der Waals surface area contributed by atoms with Crippen LogP contribution < -0.4 is 10.3 Å². The minimum Gasteiger partial charge on any atom is -0.493 e. The van der Waals surface area contributed by atoms with Gasteiger partial charge in [-0.15, -0.1) is 0 Å². The minimum absolute atomic E-state index is 0.0807. The number of halogens is 1. The van der Waals surface area contributed by atoms with Gasteiger partial charge in [-0.2, -0.15) is 0 Å². The molecule has 1 aliphatic heterocycles. The van der Waals surface area contributed by atoms with Crippen LogP contribution in [0.2, 0.25) is 0 Å². The van der Waals surface area contributed by atoms with Crippen LogP contribution in [-0.4, -0.2) is 11.2 Å². The molecule has 1 unspecified atom stereocenters. The lowest BCUT2D eigenvalue weighted by Crippen LogP contribution is -2.27. The van der Waals surface area contributed by atoms with E-state index in [0.717, 1.165) is 22.2 Å². The number of aromatic nitrogens is 1. The van der Waals surface area contributed by atoms with Gasteiger partial charge in [-0.25, -0.2) is 0 Å². The maximum absolute atomic E-state index is 12.2. The van der Waals surface area contributed by atoms with Gasteiger partial charge in [0.15, 0.2) is 0 Å². The molecule has 0 amide bonds. The van der Waals surface area contributed by atoms with Crippen LogP contribution in [0.3, 0.4) is 0 Å². The summed E-state index contributed by atoms with van der Waals surface area (Å²) in [5.74, 6) is 1.27. The highest BCUT2D eigenvalue weighted by molar-refractivity contribution is 9.10. The Kier molecular flexibility index (Phi) is 3.66. The molecule has 1 aliphatic rings. The number of hydrogen-bond acceptors (Lipinski definition) is 2. The minimum atomic E-state index is 0.0807. The first-order valence-corrected chi connectivity index (χ1v) is 7.53. The fraction of sp³-hybridized carbons (Fsp3) is 0.312. The highest BCUT2D eigenvalue weighted by Crippen LogP contribution is 2.34. The maximum Gasteiger partial charge on any atom is 0.253 e. The van der Waals surface area contributed by atoms with Crippen molar-refractivity contribution in [1.82, 2.24) is 4.57 Å². The van der Waals surface area contributed by atoms with Crippen LogP contribution in [0, 0.1) is 6.92 Å². The number of hydrogen-bond donors (Lipinski definition) is 0. The van der Waals surface area contributed by atoms with E-state index in [1.54, 1.807) is 4.57 Å².